The van der Waals surface area contributed by atoms with Crippen molar-refractivity contribution < 1.29 is 4.84 Å². The van der Waals surface area contributed by atoms with Crippen molar-refractivity contribution in [1.29, 1.82) is 0 Å². The number of hydrogen-bond acceptors (Lipinski definition) is 2. The molecule has 81 valence electrons. The Morgan fingerprint density at radius 1 is 1.40 bits per heavy atom. The minimum absolute atomic E-state index is 0.715. The predicted octanol–water partition coefficient (Wildman–Crippen LogP) is 3.42. The maximum Gasteiger partial charge on any atom is 0.117 e. The Bertz CT molecular complexity index is 269. The van der Waals surface area contributed by atoms with Crippen LogP contribution in [-0.4, -0.2) is 12.8 Å². The number of nitrogens with zero attached hydrogens (tertiary/aromatic N) is 1. The molecule has 0 aliphatic heterocycles. The molecule has 1 rings (SSSR count). The average molecular weight is 204 g/mol. The number of benzene rings is 1. The standard InChI is InChI=1S/C13H18NO/c1-2-3-4-8-11-15-14-12-13-9-6-5-7-10-13/h5-6,9-10,12H,2-4,8,11H2,1H3. The Hall–Kier alpha value is -1.31. The van der Waals surface area contributed by atoms with Gasteiger partial charge in [0.05, 0.1) is 6.21 Å². The molecule has 0 aliphatic rings. The second kappa shape index (κ2) is 8.04. The van der Waals surface area contributed by atoms with Gasteiger partial charge in [-0.05, 0) is 30.5 Å². The SMILES string of the molecule is CCCCCCON=Cc1c[c]ccc1. The van der Waals surface area contributed by atoms with E-state index in [0.29, 0.717) is 6.61 Å². The van der Waals surface area contributed by atoms with E-state index in [4.69, 9.17) is 4.84 Å². The van der Waals surface area contributed by atoms with Crippen LogP contribution >= 0.6 is 0 Å². The molecule has 0 aromatic heterocycles. The first-order valence-electron chi connectivity index (χ1n) is 5.55. The number of oxime groups is 1. The largest absolute Gasteiger partial charge is 0.396 e. The van der Waals surface area contributed by atoms with E-state index in [1.165, 1.54) is 19.3 Å². The molecule has 1 aromatic carbocycles. The molecule has 0 aliphatic carbocycles. The minimum atomic E-state index is 0.715. The molecule has 1 aromatic rings. The third-order valence-electron chi connectivity index (χ3n) is 2.10. The fraction of sp³-hybridized carbons (Fsp3) is 0.462. The topological polar surface area (TPSA) is 21.6 Å². The number of rotatable bonds is 7. The van der Waals surface area contributed by atoms with E-state index < -0.39 is 0 Å². The zero-order valence-corrected chi connectivity index (χ0v) is 9.28. The third-order valence-corrected chi connectivity index (χ3v) is 2.10. The Morgan fingerprint density at radius 3 is 3.07 bits per heavy atom. The minimum Gasteiger partial charge on any atom is -0.396 e. The summed E-state index contributed by atoms with van der Waals surface area (Å²) < 4.78 is 0. The molecule has 1 radical (unpaired) electrons. The quantitative estimate of drug-likeness (QED) is 0.379. The monoisotopic (exact) mass is 204 g/mol. The first-order valence-corrected chi connectivity index (χ1v) is 5.55. The Balaban J connectivity index is 2.07. The summed E-state index contributed by atoms with van der Waals surface area (Å²) in [6, 6.07) is 10.6. The third kappa shape index (κ3) is 5.89. The summed E-state index contributed by atoms with van der Waals surface area (Å²) in [4.78, 5) is 5.14. The van der Waals surface area contributed by atoms with Crippen molar-refractivity contribution in [2.75, 3.05) is 6.61 Å². The van der Waals surface area contributed by atoms with E-state index in [9.17, 15) is 0 Å². The van der Waals surface area contributed by atoms with Crippen LogP contribution in [0.3, 0.4) is 0 Å². The second-order valence-corrected chi connectivity index (χ2v) is 3.47. The van der Waals surface area contributed by atoms with Gasteiger partial charge in [0.15, 0.2) is 0 Å². The van der Waals surface area contributed by atoms with Crippen LogP contribution < -0.4 is 0 Å². The van der Waals surface area contributed by atoms with Gasteiger partial charge in [-0.25, -0.2) is 0 Å². The summed E-state index contributed by atoms with van der Waals surface area (Å²) in [5.41, 5.74) is 1.02. The highest BCUT2D eigenvalue weighted by Gasteiger charge is 1.87. The molecule has 2 heteroatoms. The van der Waals surface area contributed by atoms with Gasteiger partial charge in [-0.15, -0.1) is 0 Å². The summed E-state index contributed by atoms with van der Waals surface area (Å²) >= 11 is 0. The molecule has 2 nitrogen and oxygen atoms in total. The Morgan fingerprint density at radius 2 is 2.33 bits per heavy atom. The zero-order chi connectivity index (χ0) is 10.8. The van der Waals surface area contributed by atoms with Gasteiger partial charge >= 0.3 is 0 Å². The fourth-order valence-electron chi connectivity index (χ4n) is 1.23. The van der Waals surface area contributed by atoms with Crippen LogP contribution in [0.15, 0.2) is 29.4 Å². The summed E-state index contributed by atoms with van der Waals surface area (Å²) in [7, 11) is 0. The van der Waals surface area contributed by atoms with Crippen molar-refractivity contribution >= 4 is 6.21 Å². The van der Waals surface area contributed by atoms with Gasteiger partial charge in [-0.3, -0.25) is 0 Å². The molecule has 0 atom stereocenters. The molecule has 0 fully saturated rings. The van der Waals surface area contributed by atoms with Crippen molar-refractivity contribution in [2.45, 2.75) is 32.6 Å². The highest BCUT2D eigenvalue weighted by Crippen LogP contribution is 1.99. The highest BCUT2D eigenvalue weighted by molar-refractivity contribution is 5.78. The van der Waals surface area contributed by atoms with Crippen molar-refractivity contribution in [2.24, 2.45) is 5.16 Å². The van der Waals surface area contributed by atoms with Crippen LogP contribution in [0.4, 0.5) is 0 Å². The van der Waals surface area contributed by atoms with E-state index in [1.54, 1.807) is 6.21 Å². The molecule has 0 unspecified atom stereocenters. The maximum atomic E-state index is 5.14. The van der Waals surface area contributed by atoms with Gasteiger partial charge in [0.1, 0.15) is 6.61 Å². The normalized spacial score (nSPS) is 10.7. The lowest BCUT2D eigenvalue weighted by Gasteiger charge is -1.98. The van der Waals surface area contributed by atoms with E-state index >= 15 is 0 Å². The lowest BCUT2D eigenvalue weighted by atomic mass is 10.2. The van der Waals surface area contributed by atoms with Crippen molar-refractivity contribution in [3.63, 3.8) is 0 Å². The molecule has 0 spiro atoms. The fourth-order valence-corrected chi connectivity index (χ4v) is 1.23. The van der Waals surface area contributed by atoms with Crippen molar-refractivity contribution in [3.05, 3.63) is 35.9 Å². The van der Waals surface area contributed by atoms with E-state index in [-0.39, 0.29) is 0 Å². The van der Waals surface area contributed by atoms with E-state index in [2.05, 4.69) is 18.1 Å². The van der Waals surface area contributed by atoms with Crippen molar-refractivity contribution in [1.82, 2.24) is 0 Å². The smallest absolute Gasteiger partial charge is 0.117 e. The highest BCUT2D eigenvalue weighted by atomic mass is 16.6. The number of unbranched alkanes of at least 4 members (excludes halogenated alkanes) is 3. The van der Waals surface area contributed by atoms with Gasteiger partial charge < -0.3 is 4.84 Å². The Kier molecular flexibility index (Phi) is 6.30. The van der Waals surface area contributed by atoms with E-state index in [1.807, 2.05) is 24.3 Å². The molecule has 0 bridgehead atoms. The van der Waals surface area contributed by atoms with Gasteiger partial charge in [-0.2, -0.15) is 0 Å². The Labute approximate surface area is 91.9 Å². The van der Waals surface area contributed by atoms with Crippen LogP contribution in [0.25, 0.3) is 0 Å². The molecule has 0 saturated heterocycles. The lowest BCUT2D eigenvalue weighted by molar-refractivity contribution is 0.141. The first kappa shape index (κ1) is 11.8. The maximum absolute atomic E-state index is 5.14. The molecule has 0 amide bonds. The van der Waals surface area contributed by atoms with Gasteiger partial charge in [0.2, 0.25) is 0 Å². The molecule has 0 saturated carbocycles. The molecular weight excluding hydrogens is 186 g/mol. The average Bonchev–Trinajstić information content (AvgIpc) is 2.29. The van der Waals surface area contributed by atoms with E-state index in [0.717, 1.165) is 12.0 Å². The number of hydrogen-bond donors (Lipinski definition) is 0. The summed E-state index contributed by atoms with van der Waals surface area (Å²) in [5, 5.41) is 3.89. The van der Waals surface area contributed by atoms with Crippen LogP contribution in [0, 0.1) is 6.07 Å². The van der Waals surface area contributed by atoms with Gasteiger partial charge in [-0.1, -0.05) is 43.1 Å². The van der Waals surface area contributed by atoms with Crippen LogP contribution in [0.1, 0.15) is 38.2 Å². The second-order valence-electron chi connectivity index (χ2n) is 3.47. The van der Waals surface area contributed by atoms with Crippen LogP contribution in [-0.2, 0) is 4.84 Å². The molecule has 0 N–H and O–H groups in total. The first-order chi connectivity index (χ1) is 7.43. The molecule has 0 heterocycles. The van der Waals surface area contributed by atoms with Gasteiger partial charge in [0.25, 0.3) is 0 Å². The zero-order valence-electron chi connectivity index (χ0n) is 9.28. The summed E-state index contributed by atoms with van der Waals surface area (Å²) in [6.45, 7) is 2.91. The predicted molar refractivity (Wildman–Crippen MR) is 63.0 cm³/mol. The van der Waals surface area contributed by atoms with Gasteiger partial charge in [0, 0.05) is 0 Å². The lowest BCUT2D eigenvalue weighted by Crippen LogP contribution is -1.89. The van der Waals surface area contributed by atoms with Crippen LogP contribution in [0.5, 0.6) is 0 Å². The molecule has 15 heavy (non-hydrogen) atoms. The van der Waals surface area contributed by atoms with Crippen LogP contribution in [0.2, 0.25) is 0 Å². The summed E-state index contributed by atoms with van der Waals surface area (Å²) in [5.74, 6) is 0. The molecular formula is C13H18NO. The summed E-state index contributed by atoms with van der Waals surface area (Å²) in [6.07, 6.45) is 6.57. The van der Waals surface area contributed by atoms with Crippen molar-refractivity contribution in [3.8, 4) is 0 Å².